The molecule has 0 aliphatic heterocycles. The fourth-order valence-corrected chi connectivity index (χ4v) is 3.43. The molecule has 0 bridgehead atoms. The predicted molar refractivity (Wildman–Crippen MR) is 112 cm³/mol. The van der Waals surface area contributed by atoms with Crippen LogP contribution >= 0.6 is 0 Å². The number of fused-ring (bicyclic) bond motifs is 1. The molecule has 1 aliphatic rings. The second kappa shape index (κ2) is 8.23. The van der Waals surface area contributed by atoms with Crippen LogP contribution in [0.25, 0.3) is 6.08 Å². The summed E-state index contributed by atoms with van der Waals surface area (Å²) in [6.45, 7) is 2.47. The molecule has 4 nitrogen and oxygen atoms in total. The maximum atomic E-state index is 12.0. The molecule has 0 amide bonds. The van der Waals surface area contributed by atoms with Crippen molar-refractivity contribution in [1.82, 2.24) is 0 Å². The maximum Gasteiger partial charge on any atom is 0.334 e. The van der Waals surface area contributed by atoms with E-state index >= 15 is 0 Å². The minimum absolute atomic E-state index is 0.309. The van der Waals surface area contributed by atoms with Gasteiger partial charge in [-0.05, 0) is 47.9 Å². The van der Waals surface area contributed by atoms with Gasteiger partial charge < -0.3 is 14.2 Å². The Morgan fingerprint density at radius 1 is 0.931 bits per heavy atom. The van der Waals surface area contributed by atoms with Crippen molar-refractivity contribution in [1.29, 1.82) is 0 Å². The minimum atomic E-state index is -0.309. The quantitative estimate of drug-likeness (QED) is 0.526. The van der Waals surface area contributed by atoms with Gasteiger partial charge in [-0.1, -0.05) is 48.5 Å². The van der Waals surface area contributed by atoms with Crippen LogP contribution in [-0.2, 0) is 22.6 Å². The summed E-state index contributed by atoms with van der Waals surface area (Å²) in [5, 5.41) is 0. The summed E-state index contributed by atoms with van der Waals surface area (Å²) in [7, 11) is 1.40. The zero-order chi connectivity index (χ0) is 20.2. The topological polar surface area (TPSA) is 44.8 Å². The van der Waals surface area contributed by atoms with Gasteiger partial charge in [0.1, 0.15) is 12.4 Å². The average molecular weight is 386 g/mol. The third-order valence-electron chi connectivity index (χ3n) is 4.83. The molecule has 0 spiro atoms. The summed E-state index contributed by atoms with van der Waals surface area (Å²) in [5.41, 5.74) is 4.76. The number of carbonyl (C=O) groups excluding carboxylic acids is 1. The molecule has 4 heteroatoms. The Balaban J connectivity index is 1.61. The van der Waals surface area contributed by atoms with E-state index in [0.717, 1.165) is 22.3 Å². The summed E-state index contributed by atoms with van der Waals surface area (Å²) >= 11 is 0. The Bertz CT molecular complexity index is 1070. The molecule has 3 aromatic carbocycles. The fourth-order valence-electron chi connectivity index (χ4n) is 3.43. The van der Waals surface area contributed by atoms with E-state index in [2.05, 4.69) is 6.07 Å². The minimum Gasteiger partial charge on any atom is -0.485 e. The summed E-state index contributed by atoms with van der Waals surface area (Å²) in [4.78, 5) is 12.0. The van der Waals surface area contributed by atoms with Crippen molar-refractivity contribution in [3.8, 4) is 17.2 Å². The molecule has 0 saturated carbocycles. The predicted octanol–water partition coefficient (Wildman–Crippen LogP) is 5.48. The van der Waals surface area contributed by atoms with E-state index in [4.69, 9.17) is 14.2 Å². The van der Waals surface area contributed by atoms with Crippen molar-refractivity contribution < 1.29 is 19.0 Å². The Morgan fingerprint density at radius 2 is 1.66 bits per heavy atom. The molecular formula is C25H22O4. The summed E-state index contributed by atoms with van der Waals surface area (Å²) < 4.78 is 17.1. The SMILES string of the molecule is COC(=O)C1=Cc2c(cc(C)cc2Oc2ccccc2OCc2ccccc2)C1. The van der Waals surface area contributed by atoms with E-state index in [1.165, 1.54) is 7.11 Å². The third-order valence-corrected chi connectivity index (χ3v) is 4.83. The number of rotatable bonds is 6. The summed E-state index contributed by atoms with van der Waals surface area (Å²) in [5.74, 6) is 1.70. The zero-order valence-corrected chi connectivity index (χ0v) is 16.5. The average Bonchev–Trinajstić information content (AvgIpc) is 3.17. The van der Waals surface area contributed by atoms with Gasteiger partial charge in [0.25, 0.3) is 0 Å². The monoisotopic (exact) mass is 386 g/mol. The molecule has 0 heterocycles. The standard InChI is InChI=1S/C25H22O4/c1-17-12-19-14-20(25(26)27-2)15-21(19)24(13-17)29-23-11-7-6-10-22(23)28-16-18-8-4-3-5-9-18/h3-13,15H,14,16H2,1-2H3. The first kappa shape index (κ1) is 18.8. The van der Waals surface area contributed by atoms with Crippen molar-refractivity contribution in [3.05, 3.63) is 94.6 Å². The van der Waals surface area contributed by atoms with Crippen LogP contribution in [0.15, 0.2) is 72.3 Å². The largest absolute Gasteiger partial charge is 0.485 e. The van der Waals surface area contributed by atoms with Gasteiger partial charge in [0, 0.05) is 17.6 Å². The number of para-hydroxylation sites is 2. The van der Waals surface area contributed by atoms with E-state index < -0.39 is 0 Å². The highest BCUT2D eigenvalue weighted by molar-refractivity contribution is 5.97. The van der Waals surface area contributed by atoms with Crippen LogP contribution in [-0.4, -0.2) is 13.1 Å². The molecule has 0 aromatic heterocycles. The van der Waals surface area contributed by atoms with Crippen molar-refractivity contribution in [3.63, 3.8) is 0 Å². The zero-order valence-electron chi connectivity index (χ0n) is 16.5. The molecule has 0 saturated heterocycles. The summed E-state index contributed by atoms with van der Waals surface area (Å²) in [6.07, 6.45) is 2.40. The molecule has 0 unspecified atom stereocenters. The van der Waals surface area contributed by atoms with Crippen LogP contribution < -0.4 is 9.47 Å². The second-order valence-corrected chi connectivity index (χ2v) is 7.00. The highest BCUT2D eigenvalue weighted by Crippen LogP contribution is 2.39. The molecule has 3 aromatic rings. The molecule has 0 N–H and O–H groups in total. The number of methoxy groups -OCH3 is 1. The first-order chi connectivity index (χ1) is 14.1. The Morgan fingerprint density at radius 3 is 2.41 bits per heavy atom. The number of benzene rings is 3. The normalized spacial score (nSPS) is 12.1. The number of ether oxygens (including phenoxy) is 3. The fraction of sp³-hybridized carbons (Fsp3) is 0.160. The first-order valence-electron chi connectivity index (χ1n) is 9.50. The van der Waals surface area contributed by atoms with E-state index in [0.29, 0.717) is 35.8 Å². The molecule has 146 valence electrons. The van der Waals surface area contributed by atoms with Crippen LogP contribution in [0.3, 0.4) is 0 Å². The van der Waals surface area contributed by atoms with Crippen LogP contribution in [0.1, 0.15) is 22.3 Å². The Labute approximate surface area is 170 Å². The second-order valence-electron chi connectivity index (χ2n) is 7.00. The number of hydrogen-bond donors (Lipinski definition) is 0. The highest BCUT2D eigenvalue weighted by Gasteiger charge is 2.23. The van der Waals surface area contributed by atoms with Crippen molar-refractivity contribution in [2.45, 2.75) is 20.0 Å². The van der Waals surface area contributed by atoms with Crippen LogP contribution in [0.5, 0.6) is 17.2 Å². The smallest absolute Gasteiger partial charge is 0.334 e. The van der Waals surface area contributed by atoms with Crippen LogP contribution in [0, 0.1) is 6.92 Å². The van der Waals surface area contributed by atoms with E-state index in [-0.39, 0.29) is 5.97 Å². The third kappa shape index (κ3) is 4.16. The maximum absolute atomic E-state index is 12.0. The molecule has 0 atom stereocenters. The van der Waals surface area contributed by atoms with Crippen LogP contribution in [0.4, 0.5) is 0 Å². The van der Waals surface area contributed by atoms with Crippen molar-refractivity contribution in [2.24, 2.45) is 0 Å². The lowest BCUT2D eigenvalue weighted by Crippen LogP contribution is -2.03. The highest BCUT2D eigenvalue weighted by atomic mass is 16.5. The first-order valence-corrected chi connectivity index (χ1v) is 9.50. The lowest BCUT2D eigenvalue weighted by atomic mass is 10.0. The molecule has 29 heavy (non-hydrogen) atoms. The number of aryl methyl sites for hydroxylation is 1. The van der Waals surface area contributed by atoms with Gasteiger partial charge in [-0.15, -0.1) is 0 Å². The lowest BCUT2D eigenvalue weighted by molar-refractivity contribution is -0.136. The lowest BCUT2D eigenvalue weighted by Gasteiger charge is -2.15. The number of hydrogen-bond acceptors (Lipinski definition) is 4. The molecule has 0 radical (unpaired) electrons. The Hall–Kier alpha value is -3.53. The van der Waals surface area contributed by atoms with Gasteiger partial charge >= 0.3 is 5.97 Å². The van der Waals surface area contributed by atoms with Gasteiger partial charge in [-0.2, -0.15) is 0 Å². The van der Waals surface area contributed by atoms with Crippen molar-refractivity contribution in [2.75, 3.05) is 7.11 Å². The van der Waals surface area contributed by atoms with E-state index in [1.54, 1.807) is 0 Å². The molecule has 1 aliphatic carbocycles. The van der Waals surface area contributed by atoms with E-state index in [9.17, 15) is 4.79 Å². The molecule has 0 fully saturated rings. The van der Waals surface area contributed by atoms with Crippen molar-refractivity contribution >= 4 is 12.0 Å². The van der Waals surface area contributed by atoms with Gasteiger partial charge in [0.15, 0.2) is 11.5 Å². The van der Waals surface area contributed by atoms with Gasteiger partial charge in [0.05, 0.1) is 7.11 Å². The van der Waals surface area contributed by atoms with Gasteiger partial charge in [0.2, 0.25) is 0 Å². The van der Waals surface area contributed by atoms with Crippen LogP contribution in [0.2, 0.25) is 0 Å². The molecule has 4 rings (SSSR count). The number of carbonyl (C=O) groups is 1. The number of esters is 1. The molecular weight excluding hydrogens is 364 g/mol. The van der Waals surface area contributed by atoms with E-state index in [1.807, 2.05) is 73.7 Å². The van der Waals surface area contributed by atoms with Gasteiger partial charge in [-0.25, -0.2) is 4.79 Å². The van der Waals surface area contributed by atoms with Gasteiger partial charge in [-0.3, -0.25) is 0 Å². The Kier molecular flexibility index (Phi) is 5.34. The summed E-state index contributed by atoms with van der Waals surface area (Å²) in [6, 6.07) is 21.7.